The van der Waals surface area contributed by atoms with Crippen LogP contribution >= 0.6 is 0 Å². The number of ether oxygens (including phenoxy) is 1. The Hall–Kier alpha value is -4.38. The summed E-state index contributed by atoms with van der Waals surface area (Å²) < 4.78 is 5.68. The number of nitrogens with one attached hydrogen (secondary N) is 2. The van der Waals surface area contributed by atoms with Gasteiger partial charge in [-0.25, -0.2) is 0 Å². The molecule has 8 nitrogen and oxygen atoms in total. The smallest absolute Gasteiger partial charge is 0.279 e. The van der Waals surface area contributed by atoms with Crippen LogP contribution in [0.1, 0.15) is 26.2 Å². The van der Waals surface area contributed by atoms with Crippen molar-refractivity contribution >= 4 is 34.2 Å². The predicted molar refractivity (Wildman–Crippen MR) is 129 cm³/mol. The molecule has 8 heteroatoms. The van der Waals surface area contributed by atoms with Gasteiger partial charge in [0.05, 0.1) is 12.5 Å². The van der Waals surface area contributed by atoms with Gasteiger partial charge in [0.25, 0.3) is 5.91 Å². The number of amides is 3. The third kappa shape index (κ3) is 6.81. The van der Waals surface area contributed by atoms with Crippen LogP contribution in [0.2, 0.25) is 0 Å². The molecule has 2 N–H and O–H groups in total. The van der Waals surface area contributed by atoms with Gasteiger partial charge in [0.15, 0.2) is 6.10 Å². The highest BCUT2D eigenvalue weighted by Crippen LogP contribution is 2.21. The van der Waals surface area contributed by atoms with E-state index in [2.05, 4.69) is 10.9 Å². The predicted octanol–water partition coefficient (Wildman–Crippen LogP) is 3.48. The zero-order chi connectivity index (χ0) is 24.3. The molecule has 3 aromatic carbocycles. The molecule has 0 fully saturated rings. The molecule has 0 bridgehead atoms. The summed E-state index contributed by atoms with van der Waals surface area (Å²) in [4.78, 5) is 38.6. The van der Waals surface area contributed by atoms with Crippen molar-refractivity contribution < 1.29 is 19.1 Å². The first-order chi connectivity index (χ1) is 16.5. The number of para-hydroxylation sites is 1. The number of fused-ring (bicyclic) bond motifs is 1. The fourth-order valence-electron chi connectivity index (χ4n) is 3.32. The van der Waals surface area contributed by atoms with Gasteiger partial charge in [0.2, 0.25) is 11.8 Å². The molecule has 1 unspecified atom stereocenters. The maximum Gasteiger partial charge on any atom is 0.279 e. The number of anilines is 1. The standard InChI is InChI=1S/C26H26N4O4/c1-19(34-23-13-12-20-8-5-6-9-21(20)18-23)26(33)29-28-24(31)14-15-25(32)30(17-7-16-27)22-10-3-2-4-11-22/h2-6,8-13,18-19H,7,14-15,17H2,1H3,(H,28,31)(H,29,33). The monoisotopic (exact) mass is 458 g/mol. The molecule has 34 heavy (non-hydrogen) atoms. The number of carbonyl (C=O) groups is 3. The van der Waals surface area contributed by atoms with E-state index in [4.69, 9.17) is 10.00 Å². The SMILES string of the molecule is CC(Oc1ccc2ccccc2c1)C(=O)NNC(=O)CCC(=O)N(CCC#N)c1ccccc1. The molecular formula is C26H26N4O4. The Bertz CT molecular complexity index is 1190. The lowest BCUT2D eigenvalue weighted by Gasteiger charge is -2.21. The van der Waals surface area contributed by atoms with Crippen LogP contribution in [0.25, 0.3) is 10.8 Å². The summed E-state index contributed by atoms with van der Waals surface area (Å²) >= 11 is 0. The van der Waals surface area contributed by atoms with Gasteiger partial charge in [0, 0.05) is 25.1 Å². The fourth-order valence-corrected chi connectivity index (χ4v) is 3.32. The van der Waals surface area contributed by atoms with Gasteiger partial charge in [-0.15, -0.1) is 0 Å². The molecule has 0 heterocycles. The number of carbonyl (C=O) groups excluding carboxylic acids is 3. The highest BCUT2D eigenvalue weighted by molar-refractivity contribution is 5.95. The number of hydrazine groups is 1. The molecule has 0 aliphatic carbocycles. The highest BCUT2D eigenvalue weighted by Gasteiger charge is 2.18. The number of hydrogen-bond donors (Lipinski definition) is 2. The maximum atomic E-state index is 12.6. The van der Waals surface area contributed by atoms with Gasteiger partial charge in [-0.1, -0.05) is 48.5 Å². The molecule has 0 aliphatic rings. The number of nitriles is 1. The van der Waals surface area contributed by atoms with E-state index in [1.165, 1.54) is 4.90 Å². The van der Waals surface area contributed by atoms with Crippen LogP contribution in [0.4, 0.5) is 5.69 Å². The van der Waals surface area contributed by atoms with E-state index in [-0.39, 0.29) is 31.7 Å². The van der Waals surface area contributed by atoms with Crippen molar-refractivity contribution in [3.05, 3.63) is 72.8 Å². The van der Waals surface area contributed by atoms with Gasteiger partial charge < -0.3 is 9.64 Å². The third-order valence-corrected chi connectivity index (χ3v) is 5.11. The molecule has 3 aromatic rings. The van der Waals surface area contributed by atoms with Crippen molar-refractivity contribution in [2.24, 2.45) is 0 Å². The lowest BCUT2D eigenvalue weighted by molar-refractivity contribution is -0.133. The van der Waals surface area contributed by atoms with Crippen molar-refractivity contribution in [2.75, 3.05) is 11.4 Å². The molecule has 3 rings (SSSR count). The summed E-state index contributed by atoms with van der Waals surface area (Å²) in [7, 11) is 0. The molecule has 174 valence electrons. The van der Waals surface area contributed by atoms with Crippen LogP contribution in [0, 0.1) is 11.3 Å². The number of benzene rings is 3. The Morgan fingerprint density at radius 3 is 2.38 bits per heavy atom. The molecule has 0 saturated carbocycles. The highest BCUT2D eigenvalue weighted by atomic mass is 16.5. The molecule has 0 saturated heterocycles. The summed E-state index contributed by atoms with van der Waals surface area (Å²) in [5.41, 5.74) is 5.30. The quantitative estimate of drug-likeness (QED) is 0.477. The Morgan fingerprint density at radius 2 is 1.65 bits per heavy atom. The first-order valence-electron chi connectivity index (χ1n) is 10.9. The molecule has 0 spiro atoms. The largest absolute Gasteiger partial charge is 0.481 e. The first-order valence-corrected chi connectivity index (χ1v) is 10.9. The van der Waals surface area contributed by atoms with Crippen molar-refractivity contribution in [1.29, 1.82) is 5.26 Å². The van der Waals surface area contributed by atoms with Crippen molar-refractivity contribution in [3.63, 3.8) is 0 Å². The van der Waals surface area contributed by atoms with Crippen molar-refractivity contribution in [1.82, 2.24) is 10.9 Å². The van der Waals surface area contributed by atoms with Gasteiger partial charge in [-0.3, -0.25) is 25.2 Å². The minimum Gasteiger partial charge on any atom is -0.481 e. The van der Waals surface area contributed by atoms with E-state index >= 15 is 0 Å². The Kier molecular flexibility index (Phi) is 8.58. The van der Waals surface area contributed by atoms with Crippen LogP contribution < -0.4 is 20.5 Å². The van der Waals surface area contributed by atoms with E-state index in [0.29, 0.717) is 11.4 Å². The van der Waals surface area contributed by atoms with Crippen molar-refractivity contribution in [3.8, 4) is 11.8 Å². The van der Waals surface area contributed by atoms with E-state index in [1.54, 1.807) is 37.3 Å². The average Bonchev–Trinajstić information content (AvgIpc) is 2.86. The zero-order valence-corrected chi connectivity index (χ0v) is 18.9. The normalized spacial score (nSPS) is 11.2. The van der Waals surface area contributed by atoms with Crippen LogP contribution in [0.15, 0.2) is 72.8 Å². The van der Waals surface area contributed by atoms with Crippen LogP contribution in [0.3, 0.4) is 0 Å². The molecule has 1 atom stereocenters. The molecule has 0 radical (unpaired) electrons. The van der Waals surface area contributed by atoms with Crippen molar-refractivity contribution in [2.45, 2.75) is 32.3 Å². The number of rotatable bonds is 9. The Labute approximate surface area is 198 Å². The Morgan fingerprint density at radius 1 is 0.941 bits per heavy atom. The minimum atomic E-state index is -0.845. The lowest BCUT2D eigenvalue weighted by atomic mass is 10.1. The minimum absolute atomic E-state index is 0.0643. The molecule has 0 aliphatic heterocycles. The maximum absolute atomic E-state index is 12.6. The topological polar surface area (TPSA) is 112 Å². The van der Waals surface area contributed by atoms with E-state index in [1.807, 2.05) is 48.5 Å². The first kappa shape index (κ1) is 24.3. The summed E-state index contributed by atoms with van der Waals surface area (Å²) in [5.74, 6) is -0.770. The zero-order valence-electron chi connectivity index (χ0n) is 18.9. The van der Waals surface area contributed by atoms with E-state index < -0.39 is 17.9 Å². The van der Waals surface area contributed by atoms with Gasteiger partial charge in [-0.05, 0) is 42.0 Å². The summed E-state index contributed by atoms with van der Waals surface area (Å²) in [5, 5.41) is 10.9. The Balaban J connectivity index is 1.46. The summed E-state index contributed by atoms with van der Waals surface area (Å²) in [6.45, 7) is 1.81. The second-order valence-corrected chi connectivity index (χ2v) is 7.60. The number of nitrogens with zero attached hydrogens (tertiary/aromatic N) is 2. The van der Waals surface area contributed by atoms with Gasteiger partial charge >= 0.3 is 0 Å². The lowest BCUT2D eigenvalue weighted by Crippen LogP contribution is -2.47. The van der Waals surface area contributed by atoms with Crippen LogP contribution in [-0.4, -0.2) is 30.4 Å². The van der Waals surface area contributed by atoms with Crippen LogP contribution in [0.5, 0.6) is 5.75 Å². The number of hydrogen-bond acceptors (Lipinski definition) is 5. The third-order valence-electron chi connectivity index (χ3n) is 5.11. The second-order valence-electron chi connectivity index (χ2n) is 7.60. The summed E-state index contributed by atoms with van der Waals surface area (Å²) in [6, 6.07) is 24.3. The van der Waals surface area contributed by atoms with E-state index in [9.17, 15) is 14.4 Å². The molecule has 0 aromatic heterocycles. The second kappa shape index (κ2) is 12.0. The average molecular weight is 459 g/mol. The van der Waals surface area contributed by atoms with Gasteiger partial charge in [0.1, 0.15) is 5.75 Å². The van der Waals surface area contributed by atoms with E-state index in [0.717, 1.165) is 10.8 Å². The molecule has 3 amide bonds. The van der Waals surface area contributed by atoms with Crippen LogP contribution in [-0.2, 0) is 14.4 Å². The molecular weight excluding hydrogens is 432 g/mol. The summed E-state index contributed by atoms with van der Waals surface area (Å²) in [6.07, 6.45) is -0.847. The van der Waals surface area contributed by atoms with Gasteiger partial charge in [-0.2, -0.15) is 5.26 Å². The fraction of sp³-hybridized carbons (Fsp3) is 0.231.